The second-order valence-corrected chi connectivity index (χ2v) is 5.22. The molecule has 0 fully saturated rings. The molecule has 0 aliphatic heterocycles. The van der Waals surface area contributed by atoms with Gasteiger partial charge in [-0.25, -0.2) is 0 Å². The average Bonchev–Trinajstić information content (AvgIpc) is 3.19. The molecule has 1 aromatic carbocycles. The highest BCUT2D eigenvalue weighted by Gasteiger charge is 2.13. The summed E-state index contributed by atoms with van der Waals surface area (Å²) in [4.78, 5) is 46.5. The lowest BCUT2D eigenvalue weighted by Crippen LogP contribution is -2.31. The number of furan rings is 1. The molecule has 0 bridgehead atoms. The number of nitrogens with one attached hydrogen (secondary N) is 2. The first-order valence-corrected chi connectivity index (χ1v) is 7.90. The molecule has 136 valence electrons. The van der Waals surface area contributed by atoms with Crippen LogP contribution in [0.15, 0.2) is 47.1 Å². The van der Waals surface area contributed by atoms with Crippen molar-refractivity contribution in [2.75, 3.05) is 18.5 Å². The molecule has 0 atom stereocenters. The van der Waals surface area contributed by atoms with Gasteiger partial charge in [-0.15, -0.1) is 0 Å². The molecule has 8 heteroatoms. The molecule has 0 unspecified atom stereocenters. The quantitative estimate of drug-likeness (QED) is 0.549. The molecule has 2 amide bonds. The summed E-state index contributed by atoms with van der Waals surface area (Å²) in [6.45, 7) is 0.906. The third-order valence-corrected chi connectivity index (χ3v) is 3.31. The summed E-state index contributed by atoms with van der Waals surface area (Å²) in [5.74, 6) is -1.75. The van der Waals surface area contributed by atoms with E-state index in [1.165, 1.54) is 24.5 Å². The van der Waals surface area contributed by atoms with Gasteiger partial charge in [0.2, 0.25) is 5.91 Å². The van der Waals surface area contributed by atoms with Crippen molar-refractivity contribution >= 4 is 29.3 Å². The van der Waals surface area contributed by atoms with Gasteiger partial charge in [-0.2, -0.15) is 0 Å². The fraction of sp³-hybridized carbons (Fsp3) is 0.222. The number of carbonyl (C=O) groups is 4. The molecule has 26 heavy (non-hydrogen) atoms. The van der Waals surface area contributed by atoms with E-state index in [0.717, 1.165) is 0 Å². The number of benzene rings is 1. The maximum Gasteiger partial charge on any atom is 0.325 e. The van der Waals surface area contributed by atoms with Gasteiger partial charge in [0.15, 0.2) is 18.2 Å². The van der Waals surface area contributed by atoms with Crippen LogP contribution in [-0.2, 0) is 14.3 Å². The molecule has 0 aliphatic rings. The third kappa shape index (κ3) is 5.59. The van der Waals surface area contributed by atoms with Crippen LogP contribution in [0.25, 0.3) is 0 Å². The highest BCUT2D eigenvalue weighted by molar-refractivity contribution is 5.99. The fourth-order valence-electron chi connectivity index (χ4n) is 1.92. The first-order chi connectivity index (χ1) is 12.5. The lowest BCUT2D eigenvalue weighted by atomic mass is 10.1. The second-order valence-electron chi connectivity index (χ2n) is 5.22. The summed E-state index contributed by atoms with van der Waals surface area (Å²) in [5.41, 5.74) is 0.915. The van der Waals surface area contributed by atoms with Crippen molar-refractivity contribution in [3.63, 3.8) is 0 Å². The predicted molar refractivity (Wildman–Crippen MR) is 91.7 cm³/mol. The summed E-state index contributed by atoms with van der Waals surface area (Å²) in [5, 5.41) is 4.98. The van der Waals surface area contributed by atoms with Crippen molar-refractivity contribution in [3.8, 4) is 0 Å². The topological polar surface area (TPSA) is 115 Å². The van der Waals surface area contributed by atoms with Gasteiger partial charge in [-0.05, 0) is 36.4 Å². The highest BCUT2D eigenvalue weighted by atomic mass is 16.5. The van der Waals surface area contributed by atoms with Gasteiger partial charge in [0.05, 0.1) is 6.26 Å². The molecule has 8 nitrogen and oxygen atoms in total. The van der Waals surface area contributed by atoms with Crippen LogP contribution in [0.2, 0.25) is 0 Å². The number of hydrogen-bond acceptors (Lipinski definition) is 6. The minimum atomic E-state index is -0.745. The lowest BCUT2D eigenvalue weighted by molar-refractivity contribution is -0.141. The van der Waals surface area contributed by atoms with Crippen LogP contribution < -0.4 is 10.6 Å². The molecule has 2 N–H and O–H groups in total. The van der Waals surface area contributed by atoms with Crippen molar-refractivity contribution < 1.29 is 28.3 Å². The smallest absolute Gasteiger partial charge is 0.325 e. The van der Waals surface area contributed by atoms with Crippen LogP contribution in [0.1, 0.15) is 34.3 Å². The number of amides is 2. The zero-order valence-corrected chi connectivity index (χ0v) is 14.1. The minimum Gasteiger partial charge on any atom is -0.459 e. The lowest BCUT2D eigenvalue weighted by Gasteiger charge is -2.07. The molecule has 1 heterocycles. The Morgan fingerprint density at radius 2 is 1.81 bits per heavy atom. The SMILES string of the molecule is CCC(=O)Nc1ccc(C(=O)COC(=O)CNC(=O)c2ccco2)cc1. The standard InChI is InChI=1S/C18H18N2O6/c1-2-16(22)20-13-7-5-12(6-8-13)14(21)11-26-17(23)10-19-18(24)15-4-3-9-25-15/h3-9H,2,10-11H2,1H3,(H,19,24)(H,20,22). The first kappa shape index (κ1) is 18.9. The number of Topliss-reactive ketones (excluding diaryl/α,β-unsaturated/α-hetero) is 1. The molecule has 0 spiro atoms. The number of ether oxygens (including phenoxy) is 1. The van der Waals surface area contributed by atoms with Gasteiger partial charge < -0.3 is 19.8 Å². The van der Waals surface area contributed by atoms with Gasteiger partial charge in [-0.1, -0.05) is 6.92 Å². The van der Waals surface area contributed by atoms with Crippen LogP contribution >= 0.6 is 0 Å². The van der Waals surface area contributed by atoms with E-state index in [9.17, 15) is 19.2 Å². The maximum atomic E-state index is 12.0. The number of esters is 1. The van der Waals surface area contributed by atoms with Crippen molar-refractivity contribution in [2.24, 2.45) is 0 Å². The maximum absolute atomic E-state index is 12.0. The van der Waals surface area contributed by atoms with E-state index in [1.54, 1.807) is 25.1 Å². The summed E-state index contributed by atoms with van der Waals surface area (Å²) >= 11 is 0. The van der Waals surface area contributed by atoms with Crippen LogP contribution in [0.5, 0.6) is 0 Å². The second kappa shape index (κ2) is 9.16. The Balaban J connectivity index is 1.76. The third-order valence-electron chi connectivity index (χ3n) is 3.31. The van der Waals surface area contributed by atoms with Gasteiger partial charge in [0, 0.05) is 17.7 Å². The van der Waals surface area contributed by atoms with E-state index < -0.39 is 24.3 Å². The number of anilines is 1. The molecule has 2 aromatic rings. The molecule has 0 aliphatic carbocycles. The Labute approximate surface area is 149 Å². The van der Waals surface area contributed by atoms with Crippen molar-refractivity contribution in [1.29, 1.82) is 0 Å². The predicted octanol–water partition coefficient (Wildman–Crippen LogP) is 1.78. The molecular weight excluding hydrogens is 340 g/mol. The Morgan fingerprint density at radius 3 is 2.42 bits per heavy atom. The van der Waals surface area contributed by atoms with Crippen molar-refractivity contribution in [1.82, 2.24) is 5.32 Å². The molecule has 0 saturated carbocycles. The van der Waals surface area contributed by atoms with Crippen LogP contribution in [0, 0.1) is 0 Å². The number of ketones is 1. The van der Waals surface area contributed by atoms with E-state index in [2.05, 4.69) is 10.6 Å². The van der Waals surface area contributed by atoms with Gasteiger partial charge in [-0.3, -0.25) is 19.2 Å². The van der Waals surface area contributed by atoms with Crippen LogP contribution in [0.4, 0.5) is 5.69 Å². The van der Waals surface area contributed by atoms with Crippen LogP contribution in [0.3, 0.4) is 0 Å². The summed E-state index contributed by atoms with van der Waals surface area (Å²) in [6.07, 6.45) is 1.69. The van der Waals surface area contributed by atoms with Gasteiger partial charge in [0.25, 0.3) is 5.91 Å². The molecule has 1 aromatic heterocycles. The Kier molecular flexibility index (Phi) is 6.67. The molecule has 2 rings (SSSR count). The van der Waals surface area contributed by atoms with E-state index in [-0.39, 0.29) is 18.2 Å². The Hall–Kier alpha value is -3.42. The van der Waals surface area contributed by atoms with E-state index in [0.29, 0.717) is 17.7 Å². The number of carbonyl (C=O) groups excluding carboxylic acids is 4. The summed E-state index contributed by atoms with van der Waals surface area (Å²) in [7, 11) is 0. The zero-order valence-electron chi connectivity index (χ0n) is 14.1. The normalized spacial score (nSPS) is 10.0. The number of hydrogen-bond donors (Lipinski definition) is 2. The number of rotatable bonds is 8. The fourth-order valence-corrected chi connectivity index (χ4v) is 1.92. The largest absolute Gasteiger partial charge is 0.459 e. The molecule has 0 radical (unpaired) electrons. The van der Waals surface area contributed by atoms with E-state index in [1.807, 2.05) is 0 Å². The highest BCUT2D eigenvalue weighted by Crippen LogP contribution is 2.10. The average molecular weight is 358 g/mol. The minimum absolute atomic E-state index is 0.0733. The van der Waals surface area contributed by atoms with Crippen molar-refractivity contribution in [3.05, 3.63) is 54.0 Å². The van der Waals surface area contributed by atoms with Crippen molar-refractivity contribution in [2.45, 2.75) is 13.3 Å². The van der Waals surface area contributed by atoms with Gasteiger partial charge >= 0.3 is 5.97 Å². The first-order valence-electron chi connectivity index (χ1n) is 7.90. The van der Waals surface area contributed by atoms with E-state index >= 15 is 0 Å². The van der Waals surface area contributed by atoms with Gasteiger partial charge in [0.1, 0.15) is 6.54 Å². The Morgan fingerprint density at radius 1 is 1.08 bits per heavy atom. The molecular formula is C18H18N2O6. The summed E-state index contributed by atoms with van der Waals surface area (Å²) in [6, 6.07) is 9.24. The zero-order chi connectivity index (χ0) is 18.9. The summed E-state index contributed by atoms with van der Waals surface area (Å²) < 4.78 is 9.71. The van der Waals surface area contributed by atoms with Crippen LogP contribution in [-0.4, -0.2) is 36.7 Å². The van der Waals surface area contributed by atoms with E-state index in [4.69, 9.17) is 9.15 Å². The monoisotopic (exact) mass is 358 g/mol. The molecule has 0 saturated heterocycles. The Bertz CT molecular complexity index is 781.